The van der Waals surface area contributed by atoms with E-state index in [0.717, 1.165) is 26.1 Å². The van der Waals surface area contributed by atoms with Crippen LogP contribution in [-0.2, 0) is 14.4 Å². The van der Waals surface area contributed by atoms with Crippen molar-refractivity contribution in [3.05, 3.63) is 0 Å². The highest BCUT2D eigenvalue weighted by molar-refractivity contribution is 5.69. The minimum absolute atomic E-state index is 0.314. The van der Waals surface area contributed by atoms with E-state index < -0.39 is 0 Å². The second-order valence-electron chi connectivity index (χ2n) is 4.64. The number of hydrogen-bond donors (Lipinski definition) is 2. The molecule has 2 aliphatic rings. The van der Waals surface area contributed by atoms with Crippen molar-refractivity contribution in [1.82, 2.24) is 10.5 Å². The van der Waals surface area contributed by atoms with Gasteiger partial charge in [-0.3, -0.25) is 9.69 Å². The van der Waals surface area contributed by atoms with Gasteiger partial charge in [-0.1, -0.05) is 18.4 Å². The van der Waals surface area contributed by atoms with E-state index in [1.165, 1.54) is 19.3 Å². The molecule has 1 aliphatic carbocycles. The Morgan fingerprint density at radius 2 is 2.29 bits per heavy atom. The number of carbonyl (C=O) groups is 1. The molecule has 2 fully saturated rings. The van der Waals surface area contributed by atoms with E-state index in [0.29, 0.717) is 18.6 Å². The van der Waals surface area contributed by atoms with Crippen LogP contribution in [0.25, 0.3) is 0 Å². The topological polar surface area (TPSA) is 76.8 Å². The Morgan fingerprint density at radius 1 is 1.47 bits per heavy atom. The van der Waals surface area contributed by atoms with Gasteiger partial charge >= 0.3 is 5.97 Å². The van der Waals surface area contributed by atoms with Crippen LogP contribution in [0.5, 0.6) is 0 Å². The molecule has 17 heavy (non-hydrogen) atoms. The van der Waals surface area contributed by atoms with Crippen LogP contribution < -0.4 is 11.4 Å². The van der Waals surface area contributed by atoms with Crippen LogP contribution in [0.1, 0.15) is 32.1 Å². The molecule has 0 bridgehead atoms. The first-order valence-corrected chi connectivity index (χ1v) is 6.32. The molecule has 1 saturated heterocycles. The van der Waals surface area contributed by atoms with Gasteiger partial charge in [0.05, 0.1) is 19.1 Å². The maximum absolute atomic E-state index is 11.2. The number of ether oxygens (including phenoxy) is 1. The molecule has 2 atom stereocenters. The SMILES string of the molecule is NNOC(=O)CCN1CCOC2CCCCC21. The minimum Gasteiger partial charge on any atom is -0.375 e. The lowest BCUT2D eigenvalue weighted by Gasteiger charge is -2.43. The van der Waals surface area contributed by atoms with Gasteiger partial charge in [-0.05, 0) is 12.8 Å². The summed E-state index contributed by atoms with van der Waals surface area (Å²) in [6, 6.07) is 0.483. The predicted molar refractivity (Wildman–Crippen MR) is 61.6 cm³/mol. The molecular formula is C11H21N3O3. The monoisotopic (exact) mass is 243 g/mol. The van der Waals surface area contributed by atoms with E-state index in [2.05, 4.69) is 9.74 Å². The maximum Gasteiger partial charge on any atom is 0.327 e. The van der Waals surface area contributed by atoms with Gasteiger partial charge in [0.2, 0.25) is 0 Å². The van der Waals surface area contributed by atoms with Crippen molar-refractivity contribution in [3.63, 3.8) is 0 Å². The molecule has 1 saturated carbocycles. The fourth-order valence-electron chi connectivity index (χ4n) is 2.81. The number of nitrogens with one attached hydrogen (secondary N) is 1. The summed E-state index contributed by atoms with van der Waals surface area (Å²) < 4.78 is 5.78. The van der Waals surface area contributed by atoms with Crippen LogP contribution in [0, 0.1) is 0 Å². The fraction of sp³-hybridized carbons (Fsp3) is 0.909. The van der Waals surface area contributed by atoms with Crippen LogP contribution in [0.4, 0.5) is 0 Å². The first kappa shape index (κ1) is 12.8. The first-order valence-electron chi connectivity index (χ1n) is 6.32. The standard InChI is InChI=1S/C11H21N3O3/c12-13-17-11(15)5-6-14-7-8-16-10-4-2-1-3-9(10)14/h9-10,13H,1-8,12H2. The lowest BCUT2D eigenvalue weighted by Crippen LogP contribution is -2.53. The van der Waals surface area contributed by atoms with Crippen LogP contribution in [-0.4, -0.2) is 42.7 Å². The van der Waals surface area contributed by atoms with Gasteiger partial charge in [0, 0.05) is 19.1 Å². The van der Waals surface area contributed by atoms with E-state index in [9.17, 15) is 4.79 Å². The average molecular weight is 243 g/mol. The van der Waals surface area contributed by atoms with Crippen molar-refractivity contribution in [2.45, 2.75) is 44.2 Å². The highest BCUT2D eigenvalue weighted by atomic mass is 16.7. The number of fused-ring (bicyclic) bond motifs is 1. The molecule has 0 aromatic carbocycles. The third-order valence-corrected chi connectivity index (χ3v) is 3.62. The molecule has 0 amide bonds. The zero-order valence-corrected chi connectivity index (χ0v) is 10.1. The first-order chi connectivity index (χ1) is 8.31. The van der Waals surface area contributed by atoms with Gasteiger partial charge in [0.25, 0.3) is 0 Å². The largest absolute Gasteiger partial charge is 0.375 e. The number of carbonyl (C=O) groups excluding carboxylic acids is 1. The Hall–Kier alpha value is -0.690. The molecule has 2 rings (SSSR count). The van der Waals surface area contributed by atoms with Gasteiger partial charge in [-0.2, -0.15) is 0 Å². The predicted octanol–water partition coefficient (Wildman–Crippen LogP) is -0.0586. The van der Waals surface area contributed by atoms with Gasteiger partial charge in [-0.15, -0.1) is 0 Å². The van der Waals surface area contributed by atoms with E-state index >= 15 is 0 Å². The maximum atomic E-state index is 11.2. The third kappa shape index (κ3) is 3.38. The Labute approximate surface area is 101 Å². The minimum atomic E-state index is -0.314. The van der Waals surface area contributed by atoms with Crippen molar-refractivity contribution in [2.75, 3.05) is 19.7 Å². The molecule has 0 aromatic rings. The van der Waals surface area contributed by atoms with Crippen molar-refractivity contribution in [3.8, 4) is 0 Å². The molecule has 0 spiro atoms. The van der Waals surface area contributed by atoms with E-state index in [4.69, 9.17) is 10.6 Å². The number of nitrogens with two attached hydrogens (primary N) is 1. The zero-order valence-electron chi connectivity index (χ0n) is 10.1. The van der Waals surface area contributed by atoms with Gasteiger partial charge in [0.15, 0.2) is 0 Å². The summed E-state index contributed by atoms with van der Waals surface area (Å²) in [5, 5.41) is 0. The normalized spacial score (nSPS) is 29.7. The van der Waals surface area contributed by atoms with Crippen LogP contribution in [0.3, 0.4) is 0 Å². The Balaban J connectivity index is 1.80. The average Bonchev–Trinajstić information content (AvgIpc) is 2.36. The zero-order chi connectivity index (χ0) is 12.1. The summed E-state index contributed by atoms with van der Waals surface area (Å²) in [4.78, 5) is 18.1. The number of hydrazine groups is 1. The summed E-state index contributed by atoms with van der Waals surface area (Å²) in [7, 11) is 0. The van der Waals surface area contributed by atoms with Gasteiger partial charge < -0.3 is 9.57 Å². The molecule has 0 radical (unpaired) electrons. The fourth-order valence-corrected chi connectivity index (χ4v) is 2.81. The molecular weight excluding hydrogens is 222 g/mol. The lowest BCUT2D eigenvalue weighted by molar-refractivity contribution is -0.153. The van der Waals surface area contributed by atoms with Crippen LogP contribution >= 0.6 is 0 Å². The van der Waals surface area contributed by atoms with Crippen LogP contribution in [0.2, 0.25) is 0 Å². The smallest absolute Gasteiger partial charge is 0.327 e. The summed E-state index contributed by atoms with van der Waals surface area (Å²) >= 11 is 0. The molecule has 3 N–H and O–H groups in total. The van der Waals surface area contributed by atoms with Crippen molar-refractivity contribution in [1.29, 1.82) is 0 Å². The third-order valence-electron chi connectivity index (χ3n) is 3.62. The lowest BCUT2D eigenvalue weighted by atomic mass is 9.90. The Bertz CT molecular complexity index is 260. The molecule has 0 aromatic heterocycles. The number of hydrogen-bond acceptors (Lipinski definition) is 6. The highest BCUT2D eigenvalue weighted by Gasteiger charge is 2.33. The van der Waals surface area contributed by atoms with Crippen molar-refractivity contribution in [2.24, 2.45) is 5.84 Å². The molecule has 6 nitrogen and oxygen atoms in total. The quantitative estimate of drug-likeness (QED) is 0.532. The van der Waals surface area contributed by atoms with Crippen molar-refractivity contribution >= 4 is 5.97 Å². The number of rotatable bonds is 4. The summed E-state index contributed by atoms with van der Waals surface area (Å²) in [6.07, 6.45) is 5.57. The second-order valence-corrected chi connectivity index (χ2v) is 4.64. The molecule has 6 heteroatoms. The summed E-state index contributed by atoms with van der Waals surface area (Å²) in [6.45, 7) is 2.40. The van der Waals surface area contributed by atoms with Gasteiger partial charge in [0.1, 0.15) is 0 Å². The summed E-state index contributed by atoms with van der Waals surface area (Å²) in [5.41, 5.74) is 1.92. The van der Waals surface area contributed by atoms with E-state index in [-0.39, 0.29) is 5.97 Å². The summed E-state index contributed by atoms with van der Waals surface area (Å²) in [5.74, 6) is 4.60. The van der Waals surface area contributed by atoms with E-state index in [1.54, 1.807) is 0 Å². The number of nitrogens with zero attached hydrogens (tertiary/aromatic N) is 1. The van der Waals surface area contributed by atoms with Crippen LogP contribution in [0.15, 0.2) is 0 Å². The number of morpholine rings is 1. The van der Waals surface area contributed by atoms with Crippen molar-refractivity contribution < 1.29 is 14.4 Å². The Morgan fingerprint density at radius 3 is 3.12 bits per heavy atom. The molecule has 1 aliphatic heterocycles. The second kappa shape index (κ2) is 6.30. The Kier molecular flexibility index (Phi) is 4.73. The van der Waals surface area contributed by atoms with Gasteiger partial charge in [-0.25, -0.2) is 5.84 Å². The molecule has 2 unspecified atom stereocenters. The molecule has 98 valence electrons. The van der Waals surface area contributed by atoms with E-state index in [1.807, 2.05) is 5.59 Å². The molecule has 1 heterocycles. The highest BCUT2D eigenvalue weighted by Crippen LogP contribution is 2.28.